The largest absolute Gasteiger partial charge is 0.299 e. The number of carbonyl (C=O) groups excluding carboxylic acids is 1. The zero-order valence-corrected chi connectivity index (χ0v) is 19.3. The Balaban J connectivity index is 2.31. The Bertz CT molecular complexity index is 941. The van der Waals surface area contributed by atoms with Crippen molar-refractivity contribution in [3.63, 3.8) is 0 Å². The van der Waals surface area contributed by atoms with Crippen molar-refractivity contribution in [2.24, 2.45) is 0 Å². The normalized spacial score (nSPS) is 12.8. The number of hydrogen-bond donors (Lipinski definition) is 1. The number of hydrogen-bond acceptors (Lipinski definition) is 7. The van der Waals surface area contributed by atoms with Gasteiger partial charge in [0.05, 0.1) is 11.9 Å². The molecule has 0 spiro atoms. The second-order valence-electron chi connectivity index (χ2n) is 6.78. The number of sulfonamides is 1. The Kier molecular flexibility index (Phi) is 7.46. The number of thioether (sulfide) groups is 1. The van der Waals surface area contributed by atoms with Gasteiger partial charge in [-0.05, 0) is 43.5 Å². The molecule has 1 N–H and O–H groups in total. The van der Waals surface area contributed by atoms with E-state index < -0.39 is 22.0 Å². The van der Waals surface area contributed by atoms with Gasteiger partial charge in [0, 0.05) is 5.25 Å². The summed E-state index contributed by atoms with van der Waals surface area (Å²) in [5.41, 5.74) is 2.49. The van der Waals surface area contributed by atoms with Crippen molar-refractivity contribution in [3.05, 3.63) is 29.3 Å². The van der Waals surface area contributed by atoms with Crippen LogP contribution in [0.2, 0.25) is 0 Å². The fourth-order valence-corrected chi connectivity index (χ4v) is 5.80. The summed E-state index contributed by atoms with van der Waals surface area (Å²) in [6, 6.07) is 4.48. The number of rotatable bonds is 8. The Morgan fingerprint density at radius 1 is 1.25 bits per heavy atom. The summed E-state index contributed by atoms with van der Waals surface area (Å²) in [6.07, 6.45) is 1.43. The minimum Gasteiger partial charge on any atom is -0.299 e. The molecule has 1 atom stereocenters. The highest BCUT2D eigenvalue weighted by Crippen LogP contribution is 2.29. The van der Waals surface area contributed by atoms with Crippen LogP contribution < -0.4 is 9.62 Å². The molecule has 0 aliphatic carbocycles. The van der Waals surface area contributed by atoms with Crippen LogP contribution in [0, 0.1) is 13.8 Å². The summed E-state index contributed by atoms with van der Waals surface area (Å²) >= 11 is 2.84. The van der Waals surface area contributed by atoms with Crippen molar-refractivity contribution < 1.29 is 13.2 Å². The molecule has 154 valence electrons. The minimum atomic E-state index is -3.67. The first-order valence-electron chi connectivity index (χ1n) is 8.90. The van der Waals surface area contributed by atoms with E-state index >= 15 is 0 Å². The lowest BCUT2D eigenvalue weighted by Gasteiger charge is -2.30. The van der Waals surface area contributed by atoms with Crippen LogP contribution in [-0.2, 0) is 14.8 Å². The SMILES string of the molecule is CCC(C(=O)Nc1nnc(SC(C)C)s1)N(c1ccc(C)c(C)c1)S(C)(=O)=O. The van der Waals surface area contributed by atoms with E-state index in [4.69, 9.17) is 0 Å². The lowest BCUT2D eigenvalue weighted by atomic mass is 10.1. The number of anilines is 2. The molecule has 0 saturated carbocycles. The molecule has 1 heterocycles. The molecule has 1 unspecified atom stereocenters. The summed E-state index contributed by atoms with van der Waals surface area (Å²) in [7, 11) is -3.67. The zero-order chi connectivity index (χ0) is 21.1. The maximum absolute atomic E-state index is 12.9. The van der Waals surface area contributed by atoms with E-state index in [1.165, 1.54) is 15.6 Å². The molecule has 0 aliphatic rings. The van der Waals surface area contributed by atoms with Crippen LogP contribution in [0.3, 0.4) is 0 Å². The van der Waals surface area contributed by atoms with E-state index in [2.05, 4.69) is 15.5 Å². The Morgan fingerprint density at radius 3 is 2.46 bits per heavy atom. The van der Waals surface area contributed by atoms with E-state index in [0.717, 1.165) is 21.7 Å². The molecule has 10 heteroatoms. The van der Waals surface area contributed by atoms with Gasteiger partial charge in [0.1, 0.15) is 6.04 Å². The van der Waals surface area contributed by atoms with Gasteiger partial charge in [0.15, 0.2) is 4.34 Å². The van der Waals surface area contributed by atoms with Crippen molar-refractivity contribution in [2.45, 2.75) is 56.7 Å². The molecule has 1 aromatic carbocycles. The number of nitrogens with zero attached hydrogens (tertiary/aromatic N) is 3. The second kappa shape index (κ2) is 9.23. The average Bonchev–Trinajstić information content (AvgIpc) is 3.00. The van der Waals surface area contributed by atoms with Crippen molar-refractivity contribution in [2.75, 3.05) is 15.9 Å². The molecule has 0 bridgehead atoms. The summed E-state index contributed by atoms with van der Waals surface area (Å²) in [5, 5.41) is 11.5. The highest BCUT2D eigenvalue weighted by molar-refractivity contribution is 8.01. The highest BCUT2D eigenvalue weighted by atomic mass is 32.2. The molecule has 0 saturated heterocycles. The highest BCUT2D eigenvalue weighted by Gasteiger charge is 2.32. The molecule has 1 aromatic heterocycles. The summed E-state index contributed by atoms with van der Waals surface area (Å²) in [6.45, 7) is 9.74. The third-order valence-corrected chi connectivity index (χ3v) is 7.15. The molecule has 1 amide bonds. The van der Waals surface area contributed by atoms with Gasteiger partial charge in [0.25, 0.3) is 0 Å². The van der Waals surface area contributed by atoms with Crippen molar-refractivity contribution in [3.8, 4) is 0 Å². The number of aryl methyl sites for hydroxylation is 2. The number of benzene rings is 1. The van der Waals surface area contributed by atoms with E-state index in [-0.39, 0.29) is 0 Å². The first-order valence-corrected chi connectivity index (χ1v) is 12.4. The number of carbonyl (C=O) groups is 1. The van der Waals surface area contributed by atoms with Gasteiger partial charge in [-0.3, -0.25) is 14.4 Å². The van der Waals surface area contributed by atoms with E-state index in [1.54, 1.807) is 30.8 Å². The van der Waals surface area contributed by atoms with Gasteiger partial charge in [-0.2, -0.15) is 0 Å². The molecule has 0 radical (unpaired) electrons. The van der Waals surface area contributed by atoms with Crippen molar-refractivity contribution >= 4 is 49.8 Å². The number of nitrogens with one attached hydrogen (secondary N) is 1. The van der Waals surface area contributed by atoms with Gasteiger partial charge in [-0.15, -0.1) is 10.2 Å². The molecule has 28 heavy (non-hydrogen) atoms. The van der Waals surface area contributed by atoms with Crippen LogP contribution in [0.1, 0.15) is 38.3 Å². The van der Waals surface area contributed by atoms with Gasteiger partial charge in [0.2, 0.25) is 21.1 Å². The summed E-state index contributed by atoms with van der Waals surface area (Å²) in [4.78, 5) is 12.9. The fraction of sp³-hybridized carbons (Fsp3) is 0.500. The predicted octanol–water partition coefficient (Wildman–Crippen LogP) is 3.84. The van der Waals surface area contributed by atoms with Crippen molar-refractivity contribution in [1.82, 2.24) is 10.2 Å². The minimum absolute atomic E-state index is 0.318. The van der Waals surface area contributed by atoms with Crippen molar-refractivity contribution in [1.29, 1.82) is 0 Å². The third-order valence-electron chi connectivity index (χ3n) is 4.05. The Hall–Kier alpha value is -1.65. The Labute approximate surface area is 175 Å². The smallest absolute Gasteiger partial charge is 0.250 e. The first-order chi connectivity index (χ1) is 13.0. The lowest BCUT2D eigenvalue weighted by molar-refractivity contribution is -0.117. The quantitative estimate of drug-likeness (QED) is 0.493. The molecule has 0 fully saturated rings. The van der Waals surface area contributed by atoms with Crippen LogP contribution in [-0.4, -0.2) is 42.1 Å². The summed E-state index contributed by atoms with van der Waals surface area (Å²) in [5.74, 6) is -0.427. The third kappa shape index (κ3) is 5.68. The van der Waals surface area contributed by atoms with E-state index in [9.17, 15) is 13.2 Å². The monoisotopic (exact) mass is 442 g/mol. The summed E-state index contributed by atoms with van der Waals surface area (Å²) < 4.78 is 27.0. The van der Waals surface area contributed by atoms with Crippen LogP contribution in [0.25, 0.3) is 0 Å². The Morgan fingerprint density at radius 2 is 1.93 bits per heavy atom. The lowest BCUT2D eigenvalue weighted by Crippen LogP contribution is -2.47. The molecular formula is C18H26N4O3S3. The molecule has 0 aliphatic heterocycles. The fourth-order valence-electron chi connectivity index (χ4n) is 2.62. The number of amides is 1. The molecular weight excluding hydrogens is 416 g/mol. The van der Waals surface area contributed by atoms with Gasteiger partial charge < -0.3 is 0 Å². The second-order valence-corrected chi connectivity index (χ2v) is 11.4. The van der Waals surface area contributed by atoms with Crippen LogP contribution in [0.4, 0.5) is 10.8 Å². The predicted molar refractivity (Wildman–Crippen MR) is 117 cm³/mol. The van der Waals surface area contributed by atoms with Crippen LogP contribution in [0.5, 0.6) is 0 Å². The molecule has 2 aromatic rings. The van der Waals surface area contributed by atoms with Gasteiger partial charge in [-0.1, -0.05) is 49.9 Å². The standard InChI is InChI=1S/C18H26N4O3S3/c1-7-15(16(23)19-17-20-21-18(27-17)26-11(2)3)22(28(6,24)25)14-9-8-12(4)13(5)10-14/h8-11,15H,7H2,1-6H3,(H,19,20,23). The zero-order valence-electron chi connectivity index (χ0n) is 16.9. The van der Waals surface area contributed by atoms with Gasteiger partial charge in [-0.25, -0.2) is 8.42 Å². The number of aromatic nitrogens is 2. The van der Waals surface area contributed by atoms with Gasteiger partial charge >= 0.3 is 0 Å². The first kappa shape index (κ1) is 22.6. The average molecular weight is 443 g/mol. The van der Waals surface area contributed by atoms with E-state index in [0.29, 0.717) is 22.5 Å². The molecule has 7 nitrogen and oxygen atoms in total. The topological polar surface area (TPSA) is 92.3 Å². The van der Waals surface area contributed by atoms with Crippen LogP contribution in [0.15, 0.2) is 22.5 Å². The maximum Gasteiger partial charge on any atom is 0.250 e. The maximum atomic E-state index is 12.9. The molecule has 2 rings (SSSR count). The van der Waals surface area contributed by atoms with E-state index in [1.807, 2.05) is 33.8 Å². The van der Waals surface area contributed by atoms with Crippen LogP contribution >= 0.6 is 23.1 Å².